The molecule has 21 heavy (non-hydrogen) atoms. The van der Waals surface area contributed by atoms with E-state index in [1.807, 2.05) is 49.0 Å². The molecule has 0 bridgehead atoms. The van der Waals surface area contributed by atoms with Gasteiger partial charge in [-0.25, -0.2) is 0 Å². The minimum atomic E-state index is -0.185. The van der Waals surface area contributed by atoms with Crippen LogP contribution >= 0.6 is 11.6 Å². The highest BCUT2D eigenvalue weighted by molar-refractivity contribution is 6.31. The van der Waals surface area contributed by atoms with E-state index in [-0.39, 0.29) is 12.1 Å². The first-order chi connectivity index (χ1) is 10.1. The summed E-state index contributed by atoms with van der Waals surface area (Å²) in [5.41, 5.74) is 9.30. The minimum absolute atomic E-state index is 0.165. The summed E-state index contributed by atoms with van der Waals surface area (Å²) in [7, 11) is 3.58. The van der Waals surface area contributed by atoms with Crippen LogP contribution in [-0.4, -0.2) is 22.9 Å². The summed E-state index contributed by atoms with van der Waals surface area (Å²) in [6.45, 7) is 2.04. The summed E-state index contributed by atoms with van der Waals surface area (Å²) in [6, 6.07) is 9.82. The van der Waals surface area contributed by atoms with Gasteiger partial charge in [-0.15, -0.1) is 0 Å². The van der Waals surface area contributed by atoms with Crippen LogP contribution < -0.4 is 5.73 Å². The van der Waals surface area contributed by atoms with Crippen LogP contribution in [0.4, 0.5) is 0 Å². The number of aryl methyl sites for hydroxylation is 2. The molecule has 2 unspecified atom stereocenters. The smallest absolute Gasteiger partial charge is 0.0975 e. The lowest BCUT2D eigenvalue weighted by Crippen LogP contribution is -2.32. The zero-order valence-electron chi connectivity index (χ0n) is 12.7. The molecular weight excluding hydrogens is 286 g/mol. The van der Waals surface area contributed by atoms with Crippen LogP contribution in [0.25, 0.3) is 0 Å². The molecule has 2 aromatic rings. The number of aromatic nitrogens is 2. The van der Waals surface area contributed by atoms with Gasteiger partial charge in [0.25, 0.3) is 0 Å². The molecule has 0 aliphatic carbocycles. The van der Waals surface area contributed by atoms with Gasteiger partial charge >= 0.3 is 0 Å². The molecule has 0 radical (unpaired) electrons. The quantitative estimate of drug-likeness (QED) is 0.893. The molecule has 1 aromatic heterocycles. The van der Waals surface area contributed by atoms with Gasteiger partial charge in [-0.05, 0) is 12.0 Å². The Bertz CT molecular complexity index is 583. The molecule has 1 aromatic carbocycles. The van der Waals surface area contributed by atoms with E-state index in [9.17, 15) is 0 Å². The number of nitrogens with zero attached hydrogens (tertiary/aromatic N) is 2. The Kier molecular flexibility index (Phi) is 5.39. The van der Waals surface area contributed by atoms with Crippen molar-refractivity contribution in [2.24, 2.45) is 12.8 Å². The molecule has 2 atom stereocenters. The standard InChI is InChI=1S/C16H22ClN3O/c1-4-13-15(17)14(20(2)19-13)10-12(18)16(21-3)11-8-6-5-7-9-11/h5-9,12,16H,4,10,18H2,1-3H3. The fraction of sp³-hybridized carbons (Fsp3) is 0.438. The number of hydrogen-bond donors (Lipinski definition) is 1. The third kappa shape index (κ3) is 3.46. The Morgan fingerprint density at radius 1 is 1.33 bits per heavy atom. The van der Waals surface area contributed by atoms with Gasteiger partial charge in [0.05, 0.1) is 22.5 Å². The number of halogens is 1. The van der Waals surface area contributed by atoms with Crippen LogP contribution in [0.2, 0.25) is 5.02 Å². The van der Waals surface area contributed by atoms with Crippen molar-refractivity contribution in [2.75, 3.05) is 7.11 Å². The van der Waals surface area contributed by atoms with E-state index < -0.39 is 0 Å². The largest absolute Gasteiger partial charge is 0.375 e. The molecule has 0 saturated carbocycles. The van der Waals surface area contributed by atoms with Crippen molar-refractivity contribution < 1.29 is 4.74 Å². The van der Waals surface area contributed by atoms with Gasteiger partial charge in [-0.1, -0.05) is 48.9 Å². The van der Waals surface area contributed by atoms with E-state index in [0.717, 1.165) is 28.4 Å². The van der Waals surface area contributed by atoms with Crippen molar-refractivity contribution in [2.45, 2.75) is 31.9 Å². The first-order valence-corrected chi connectivity index (χ1v) is 7.49. The summed E-state index contributed by atoms with van der Waals surface area (Å²) in [5.74, 6) is 0. The molecule has 4 nitrogen and oxygen atoms in total. The lowest BCUT2D eigenvalue weighted by molar-refractivity contribution is 0.0797. The molecule has 0 fully saturated rings. The molecular formula is C16H22ClN3O. The number of benzene rings is 1. The van der Waals surface area contributed by atoms with E-state index in [1.165, 1.54) is 0 Å². The van der Waals surface area contributed by atoms with Crippen molar-refractivity contribution >= 4 is 11.6 Å². The van der Waals surface area contributed by atoms with Gasteiger partial charge in [0.2, 0.25) is 0 Å². The summed E-state index contributed by atoms with van der Waals surface area (Å²) >= 11 is 6.39. The zero-order chi connectivity index (χ0) is 15.4. The maximum absolute atomic E-state index is 6.39. The van der Waals surface area contributed by atoms with Crippen LogP contribution in [0.5, 0.6) is 0 Å². The van der Waals surface area contributed by atoms with E-state index in [1.54, 1.807) is 7.11 Å². The fourth-order valence-corrected chi connectivity index (χ4v) is 2.94. The van der Waals surface area contributed by atoms with Crippen LogP contribution in [-0.2, 0) is 24.6 Å². The fourth-order valence-electron chi connectivity index (χ4n) is 2.57. The normalized spacial score (nSPS) is 14.1. The van der Waals surface area contributed by atoms with Gasteiger partial charge in [0.15, 0.2) is 0 Å². The van der Waals surface area contributed by atoms with Crippen molar-refractivity contribution in [3.05, 3.63) is 52.3 Å². The predicted molar refractivity (Wildman–Crippen MR) is 85.5 cm³/mol. The van der Waals surface area contributed by atoms with Crippen LogP contribution in [0.3, 0.4) is 0 Å². The van der Waals surface area contributed by atoms with Crippen molar-refractivity contribution in [1.82, 2.24) is 9.78 Å². The molecule has 2 N–H and O–H groups in total. The SMILES string of the molecule is CCc1nn(C)c(CC(N)C(OC)c2ccccc2)c1Cl. The Morgan fingerprint density at radius 2 is 2.00 bits per heavy atom. The zero-order valence-corrected chi connectivity index (χ0v) is 13.5. The maximum atomic E-state index is 6.39. The predicted octanol–water partition coefficient (Wildman–Crippen LogP) is 2.89. The molecule has 5 heteroatoms. The Balaban J connectivity index is 2.20. The summed E-state index contributed by atoms with van der Waals surface area (Å²) < 4.78 is 7.40. The van der Waals surface area contributed by atoms with Crippen molar-refractivity contribution in [3.8, 4) is 0 Å². The topological polar surface area (TPSA) is 53.1 Å². The molecule has 0 amide bonds. The number of methoxy groups -OCH3 is 1. The van der Waals surface area contributed by atoms with Crippen molar-refractivity contribution in [3.63, 3.8) is 0 Å². The molecule has 114 valence electrons. The lowest BCUT2D eigenvalue weighted by Gasteiger charge is -2.23. The van der Waals surface area contributed by atoms with Gasteiger partial charge in [-0.3, -0.25) is 4.68 Å². The van der Waals surface area contributed by atoms with E-state index in [2.05, 4.69) is 5.10 Å². The maximum Gasteiger partial charge on any atom is 0.0975 e. The number of nitrogens with two attached hydrogens (primary N) is 1. The highest BCUT2D eigenvalue weighted by Gasteiger charge is 2.23. The average molecular weight is 308 g/mol. The molecule has 2 rings (SSSR count). The van der Waals surface area contributed by atoms with Crippen LogP contribution in [0, 0.1) is 0 Å². The van der Waals surface area contributed by atoms with E-state index in [4.69, 9.17) is 22.1 Å². The van der Waals surface area contributed by atoms with Gasteiger partial charge in [0.1, 0.15) is 0 Å². The van der Waals surface area contributed by atoms with Gasteiger partial charge in [0, 0.05) is 26.6 Å². The second-order valence-corrected chi connectivity index (χ2v) is 5.50. The third-order valence-corrected chi connectivity index (χ3v) is 4.14. The molecule has 1 heterocycles. The first kappa shape index (κ1) is 16.0. The molecule has 0 saturated heterocycles. The van der Waals surface area contributed by atoms with E-state index in [0.29, 0.717) is 6.42 Å². The van der Waals surface area contributed by atoms with Gasteiger partial charge < -0.3 is 10.5 Å². The third-order valence-electron chi connectivity index (χ3n) is 3.70. The Hall–Kier alpha value is -1.36. The second-order valence-electron chi connectivity index (χ2n) is 5.12. The van der Waals surface area contributed by atoms with E-state index >= 15 is 0 Å². The van der Waals surface area contributed by atoms with Gasteiger partial charge in [-0.2, -0.15) is 5.10 Å². The number of hydrogen-bond acceptors (Lipinski definition) is 3. The summed E-state index contributed by atoms with van der Waals surface area (Å²) in [6.07, 6.45) is 1.27. The first-order valence-electron chi connectivity index (χ1n) is 7.12. The molecule has 0 spiro atoms. The van der Waals surface area contributed by atoms with Crippen LogP contribution in [0.1, 0.15) is 30.0 Å². The average Bonchev–Trinajstić information content (AvgIpc) is 2.76. The van der Waals surface area contributed by atoms with Crippen LogP contribution in [0.15, 0.2) is 30.3 Å². The summed E-state index contributed by atoms with van der Waals surface area (Å²) in [4.78, 5) is 0. The monoisotopic (exact) mass is 307 g/mol. The molecule has 0 aliphatic rings. The molecule has 0 aliphatic heterocycles. The minimum Gasteiger partial charge on any atom is -0.375 e. The Labute approximate surface area is 130 Å². The lowest BCUT2D eigenvalue weighted by atomic mass is 9.99. The Morgan fingerprint density at radius 3 is 2.52 bits per heavy atom. The number of rotatable bonds is 6. The number of ether oxygens (including phenoxy) is 1. The van der Waals surface area contributed by atoms with Crippen molar-refractivity contribution in [1.29, 1.82) is 0 Å². The summed E-state index contributed by atoms with van der Waals surface area (Å²) in [5, 5.41) is 5.15. The highest BCUT2D eigenvalue weighted by atomic mass is 35.5. The second kappa shape index (κ2) is 7.07. The highest BCUT2D eigenvalue weighted by Crippen LogP contribution is 2.26.